The van der Waals surface area contributed by atoms with E-state index in [1.54, 1.807) is 0 Å². The van der Waals surface area contributed by atoms with E-state index in [-0.39, 0.29) is 0 Å². The Labute approximate surface area is 118 Å². The van der Waals surface area contributed by atoms with Crippen molar-refractivity contribution in [1.82, 2.24) is 4.90 Å². The van der Waals surface area contributed by atoms with E-state index in [9.17, 15) is 0 Å². The number of likely N-dealkylation sites (tertiary alicyclic amines) is 1. The minimum Gasteiger partial charge on any atom is -0.330 e. The highest BCUT2D eigenvalue weighted by Crippen LogP contribution is 2.29. The van der Waals surface area contributed by atoms with Gasteiger partial charge in [0, 0.05) is 13.1 Å². The van der Waals surface area contributed by atoms with Crippen LogP contribution in [0.3, 0.4) is 0 Å². The number of rotatable bonds is 5. The average Bonchev–Trinajstić information content (AvgIpc) is 2.74. The smallest absolute Gasteiger partial charge is 0.0233 e. The Kier molecular flexibility index (Phi) is 4.64. The lowest BCUT2D eigenvalue weighted by atomic mass is 9.90. The molecule has 1 aromatic carbocycles. The normalized spacial score (nSPS) is 24.3. The van der Waals surface area contributed by atoms with Gasteiger partial charge in [0.2, 0.25) is 0 Å². The summed E-state index contributed by atoms with van der Waals surface area (Å²) >= 11 is 0. The molecule has 1 aromatic rings. The third-order valence-electron chi connectivity index (χ3n) is 4.20. The second kappa shape index (κ2) is 6.06. The first kappa shape index (κ1) is 14.5. The predicted molar refractivity (Wildman–Crippen MR) is 82.0 cm³/mol. The third kappa shape index (κ3) is 4.05. The van der Waals surface area contributed by atoms with Crippen molar-refractivity contribution >= 4 is 0 Å². The van der Waals surface area contributed by atoms with E-state index in [4.69, 9.17) is 5.73 Å². The SMILES string of the molecule is CC(C)Cc1ccc(CN2CCC(C)(CN)C2)cc1. The Hall–Kier alpha value is -0.860. The molecule has 0 amide bonds. The first-order chi connectivity index (χ1) is 9.00. The van der Waals surface area contributed by atoms with Crippen LogP contribution >= 0.6 is 0 Å². The standard InChI is InChI=1S/C17H28N2/c1-14(2)10-15-4-6-16(7-5-15)11-19-9-8-17(3,12-18)13-19/h4-7,14H,8-13,18H2,1-3H3. The van der Waals surface area contributed by atoms with Gasteiger partial charge in [0.25, 0.3) is 0 Å². The number of nitrogens with two attached hydrogens (primary N) is 1. The molecule has 1 heterocycles. The fraction of sp³-hybridized carbons (Fsp3) is 0.647. The molecule has 2 heteroatoms. The first-order valence-electron chi connectivity index (χ1n) is 7.51. The van der Waals surface area contributed by atoms with E-state index >= 15 is 0 Å². The molecular formula is C17H28N2. The van der Waals surface area contributed by atoms with Crippen molar-refractivity contribution in [3.05, 3.63) is 35.4 Å². The van der Waals surface area contributed by atoms with Gasteiger partial charge in [0.15, 0.2) is 0 Å². The molecule has 0 bridgehead atoms. The van der Waals surface area contributed by atoms with Crippen LogP contribution in [0.5, 0.6) is 0 Å². The molecule has 1 aliphatic heterocycles. The summed E-state index contributed by atoms with van der Waals surface area (Å²) in [6.07, 6.45) is 2.41. The average molecular weight is 260 g/mol. The van der Waals surface area contributed by atoms with Crippen LogP contribution in [-0.2, 0) is 13.0 Å². The van der Waals surface area contributed by atoms with Crippen LogP contribution in [0.1, 0.15) is 38.3 Å². The van der Waals surface area contributed by atoms with Crippen LogP contribution < -0.4 is 5.73 Å². The van der Waals surface area contributed by atoms with E-state index < -0.39 is 0 Å². The summed E-state index contributed by atoms with van der Waals surface area (Å²) in [7, 11) is 0. The Morgan fingerprint density at radius 3 is 2.37 bits per heavy atom. The summed E-state index contributed by atoms with van der Waals surface area (Å²) in [5, 5.41) is 0. The quantitative estimate of drug-likeness (QED) is 0.881. The molecule has 0 aliphatic carbocycles. The predicted octanol–water partition coefficient (Wildman–Crippen LogP) is 3.06. The number of benzene rings is 1. The van der Waals surface area contributed by atoms with Gasteiger partial charge >= 0.3 is 0 Å². The van der Waals surface area contributed by atoms with E-state index in [2.05, 4.69) is 49.9 Å². The van der Waals surface area contributed by atoms with Gasteiger partial charge in [-0.3, -0.25) is 4.90 Å². The highest BCUT2D eigenvalue weighted by molar-refractivity contribution is 5.23. The number of hydrogen-bond donors (Lipinski definition) is 1. The molecular weight excluding hydrogens is 232 g/mol. The minimum atomic E-state index is 0.331. The molecule has 1 fully saturated rings. The van der Waals surface area contributed by atoms with Crippen molar-refractivity contribution in [2.75, 3.05) is 19.6 Å². The van der Waals surface area contributed by atoms with Gasteiger partial charge in [-0.05, 0) is 48.4 Å². The zero-order valence-electron chi connectivity index (χ0n) is 12.7. The van der Waals surface area contributed by atoms with Crippen LogP contribution in [0.15, 0.2) is 24.3 Å². The van der Waals surface area contributed by atoms with Crippen molar-refractivity contribution in [3.8, 4) is 0 Å². The molecule has 0 saturated carbocycles. The Morgan fingerprint density at radius 1 is 1.21 bits per heavy atom. The van der Waals surface area contributed by atoms with Crippen molar-refractivity contribution in [2.24, 2.45) is 17.1 Å². The molecule has 0 spiro atoms. The van der Waals surface area contributed by atoms with Crippen molar-refractivity contribution in [2.45, 2.75) is 40.2 Å². The minimum absolute atomic E-state index is 0.331. The number of nitrogens with zero attached hydrogens (tertiary/aromatic N) is 1. The summed E-state index contributed by atoms with van der Waals surface area (Å²) in [5.41, 5.74) is 9.07. The summed E-state index contributed by atoms with van der Waals surface area (Å²) < 4.78 is 0. The Morgan fingerprint density at radius 2 is 1.84 bits per heavy atom. The number of hydrogen-bond acceptors (Lipinski definition) is 2. The monoisotopic (exact) mass is 260 g/mol. The second-order valence-electron chi connectivity index (χ2n) is 6.89. The van der Waals surface area contributed by atoms with Crippen LogP contribution in [0.25, 0.3) is 0 Å². The molecule has 0 aromatic heterocycles. The van der Waals surface area contributed by atoms with E-state index in [1.807, 2.05) is 0 Å². The molecule has 0 radical (unpaired) electrons. The summed E-state index contributed by atoms with van der Waals surface area (Å²) in [6.45, 7) is 11.0. The molecule has 2 nitrogen and oxygen atoms in total. The van der Waals surface area contributed by atoms with E-state index in [0.29, 0.717) is 5.41 Å². The lowest BCUT2D eigenvalue weighted by Gasteiger charge is -2.22. The van der Waals surface area contributed by atoms with Crippen LogP contribution in [0.2, 0.25) is 0 Å². The van der Waals surface area contributed by atoms with E-state index in [0.717, 1.165) is 25.6 Å². The molecule has 2 rings (SSSR count). The van der Waals surface area contributed by atoms with Gasteiger partial charge in [0.1, 0.15) is 0 Å². The maximum absolute atomic E-state index is 5.86. The highest BCUT2D eigenvalue weighted by atomic mass is 15.2. The van der Waals surface area contributed by atoms with E-state index in [1.165, 1.54) is 30.5 Å². The lowest BCUT2D eigenvalue weighted by Crippen LogP contribution is -2.31. The fourth-order valence-electron chi connectivity index (χ4n) is 2.94. The molecule has 2 N–H and O–H groups in total. The highest BCUT2D eigenvalue weighted by Gasteiger charge is 2.32. The van der Waals surface area contributed by atoms with Gasteiger partial charge in [-0.2, -0.15) is 0 Å². The Bertz CT molecular complexity index is 396. The maximum atomic E-state index is 5.86. The van der Waals surface area contributed by atoms with Crippen LogP contribution in [0.4, 0.5) is 0 Å². The lowest BCUT2D eigenvalue weighted by molar-refractivity contribution is 0.274. The maximum Gasteiger partial charge on any atom is 0.0233 e. The van der Waals surface area contributed by atoms with Crippen LogP contribution in [0, 0.1) is 11.3 Å². The molecule has 1 saturated heterocycles. The van der Waals surface area contributed by atoms with Crippen molar-refractivity contribution in [1.29, 1.82) is 0 Å². The largest absolute Gasteiger partial charge is 0.330 e. The fourth-order valence-corrected chi connectivity index (χ4v) is 2.94. The van der Waals surface area contributed by atoms with Gasteiger partial charge in [-0.1, -0.05) is 45.0 Å². The van der Waals surface area contributed by atoms with Gasteiger partial charge in [0.05, 0.1) is 0 Å². The van der Waals surface area contributed by atoms with Crippen molar-refractivity contribution in [3.63, 3.8) is 0 Å². The van der Waals surface area contributed by atoms with Crippen LogP contribution in [-0.4, -0.2) is 24.5 Å². The molecule has 19 heavy (non-hydrogen) atoms. The zero-order chi connectivity index (χ0) is 13.9. The topological polar surface area (TPSA) is 29.3 Å². The summed E-state index contributed by atoms with van der Waals surface area (Å²) in [4.78, 5) is 2.53. The first-order valence-corrected chi connectivity index (χ1v) is 7.51. The van der Waals surface area contributed by atoms with Gasteiger partial charge in [-0.15, -0.1) is 0 Å². The molecule has 1 unspecified atom stereocenters. The third-order valence-corrected chi connectivity index (χ3v) is 4.20. The van der Waals surface area contributed by atoms with Gasteiger partial charge < -0.3 is 5.73 Å². The van der Waals surface area contributed by atoms with Crippen molar-refractivity contribution < 1.29 is 0 Å². The summed E-state index contributed by atoms with van der Waals surface area (Å²) in [5.74, 6) is 0.731. The zero-order valence-corrected chi connectivity index (χ0v) is 12.7. The Balaban J connectivity index is 1.90. The second-order valence-corrected chi connectivity index (χ2v) is 6.89. The molecule has 106 valence electrons. The molecule has 1 atom stereocenters. The summed E-state index contributed by atoms with van der Waals surface area (Å²) in [6, 6.07) is 9.15. The van der Waals surface area contributed by atoms with Gasteiger partial charge in [-0.25, -0.2) is 0 Å². The molecule has 1 aliphatic rings.